The summed E-state index contributed by atoms with van der Waals surface area (Å²) in [7, 11) is 3.39. The molecule has 0 N–H and O–H groups in total. The van der Waals surface area contributed by atoms with Crippen molar-refractivity contribution >= 4 is 29.4 Å². The summed E-state index contributed by atoms with van der Waals surface area (Å²) in [5.74, 6) is 1.91. The van der Waals surface area contributed by atoms with Gasteiger partial charge in [-0.2, -0.15) is 0 Å². The third-order valence-electron chi connectivity index (χ3n) is 7.70. The smallest absolute Gasteiger partial charge is 0.223 e. The minimum absolute atomic E-state index is 0.138. The number of thioether (sulfide) groups is 2. The molecule has 3 aromatic carbocycles. The second kappa shape index (κ2) is 11.4. The highest BCUT2D eigenvalue weighted by Crippen LogP contribution is 2.58. The standard InChI is InChI=1S/C31H35NO3S2/c1-4-5-17-31-25-20-28(35-3)27(34-2)19-22(25)16-18-32(31)29(33)21-26(31)30(36-23-12-8-6-9-13-23)37-24-14-10-7-11-15-24/h6-15,19-20,26,30H,4-5,16-18,21H2,1-3H3/t26-,31+/m0/s1. The quantitative estimate of drug-likeness (QED) is 0.200. The number of carbonyl (C=O) groups is 1. The van der Waals surface area contributed by atoms with Gasteiger partial charge in [0.25, 0.3) is 0 Å². The molecule has 1 amide bonds. The second-order valence-electron chi connectivity index (χ2n) is 9.73. The van der Waals surface area contributed by atoms with Crippen LogP contribution in [-0.2, 0) is 16.8 Å². The Balaban J connectivity index is 1.66. The third-order valence-corrected chi connectivity index (χ3v) is 10.5. The predicted molar refractivity (Wildman–Crippen MR) is 153 cm³/mol. The minimum Gasteiger partial charge on any atom is -0.493 e. The van der Waals surface area contributed by atoms with Crippen molar-refractivity contribution in [3.05, 3.63) is 83.9 Å². The largest absolute Gasteiger partial charge is 0.493 e. The Labute approximate surface area is 229 Å². The number of hydrogen-bond acceptors (Lipinski definition) is 5. The molecule has 0 unspecified atom stereocenters. The van der Waals surface area contributed by atoms with Gasteiger partial charge >= 0.3 is 0 Å². The molecule has 0 aromatic heterocycles. The van der Waals surface area contributed by atoms with Crippen molar-refractivity contribution in [3.63, 3.8) is 0 Å². The van der Waals surface area contributed by atoms with Crippen molar-refractivity contribution in [3.8, 4) is 11.5 Å². The van der Waals surface area contributed by atoms with Crippen LogP contribution in [0.25, 0.3) is 0 Å². The number of hydrogen-bond donors (Lipinski definition) is 0. The molecular formula is C31H35NO3S2. The third kappa shape index (κ3) is 4.98. The van der Waals surface area contributed by atoms with Gasteiger partial charge in [-0.3, -0.25) is 4.79 Å². The van der Waals surface area contributed by atoms with Gasteiger partial charge in [-0.1, -0.05) is 56.2 Å². The van der Waals surface area contributed by atoms with Gasteiger partial charge in [0.05, 0.1) is 24.3 Å². The first-order valence-electron chi connectivity index (χ1n) is 13.1. The van der Waals surface area contributed by atoms with Gasteiger partial charge in [0, 0.05) is 28.7 Å². The van der Waals surface area contributed by atoms with E-state index in [1.165, 1.54) is 20.9 Å². The topological polar surface area (TPSA) is 38.8 Å². The van der Waals surface area contributed by atoms with E-state index in [9.17, 15) is 4.79 Å². The number of methoxy groups -OCH3 is 2. The second-order valence-corrected chi connectivity index (χ2v) is 12.5. The number of ether oxygens (including phenoxy) is 2. The summed E-state index contributed by atoms with van der Waals surface area (Å²) in [5, 5.41) is 0. The predicted octanol–water partition coefficient (Wildman–Crippen LogP) is 7.40. The van der Waals surface area contributed by atoms with E-state index in [2.05, 4.69) is 84.6 Å². The molecular weight excluding hydrogens is 498 g/mol. The summed E-state index contributed by atoms with van der Waals surface area (Å²) >= 11 is 3.78. The fourth-order valence-corrected chi connectivity index (χ4v) is 9.00. The van der Waals surface area contributed by atoms with E-state index >= 15 is 0 Å². The number of unbranched alkanes of at least 4 members (excludes halogenated alkanes) is 1. The molecule has 0 bridgehead atoms. The van der Waals surface area contributed by atoms with Gasteiger partial charge in [-0.25, -0.2) is 0 Å². The SMILES string of the molecule is CCCC[C@]12c3cc(OC)c(OC)cc3CCN1C(=O)C[C@H]2C(Sc1ccccc1)Sc1ccccc1. The average molecular weight is 534 g/mol. The highest BCUT2D eigenvalue weighted by atomic mass is 32.2. The molecule has 1 saturated heterocycles. The Morgan fingerprint density at radius 2 is 1.54 bits per heavy atom. The van der Waals surface area contributed by atoms with E-state index in [1.807, 2.05) is 23.5 Å². The summed E-state index contributed by atoms with van der Waals surface area (Å²) in [6, 6.07) is 25.5. The van der Waals surface area contributed by atoms with Gasteiger partial charge in [0.15, 0.2) is 11.5 Å². The van der Waals surface area contributed by atoms with Crippen molar-refractivity contribution in [2.75, 3.05) is 20.8 Å². The van der Waals surface area contributed by atoms with Crippen molar-refractivity contribution in [1.29, 1.82) is 0 Å². The molecule has 0 radical (unpaired) electrons. The van der Waals surface area contributed by atoms with Crippen LogP contribution in [-0.4, -0.2) is 36.2 Å². The van der Waals surface area contributed by atoms with E-state index in [-0.39, 0.29) is 21.9 Å². The van der Waals surface area contributed by atoms with Crippen LogP contribution >= 0.6 is 23.5 Å². The van der Waals surface area contributed by atoms with E-state index in [0.29, 0.717) is 6.42 Å². The summed E-state index contributed by atoms with van der Waals surface area (Å²) in [4.78, 5) is 18.4. The molecule has 1 fully saturated rings. The van der Waals surface area contributed by atoms with Crippen molar-refractivity contribution < 1.29 is 14.3 Å². The van der Waals surface area contributed by atoms with Gasteiger partial charge < -0.3 is 14.4 Å². The molecule has 0 spiro atoms. The molecule has 2 heterocycles. The van der Waals surface area contributed by atoms with E-state index < -0.39 is 0 Å². The molecule has 2 aliphatic heterocycles. The van der Waals surface area contributed by atoms with Crippen LogP contribution in [0, 0.1) is 5.92 Å². The zero-order chi connectivity index (χ0) is 25.8. The van der Waals surface area contributed by atoms with E-state index in [1.54, 1.807) is 14.2 Å². The highest BCUT2D eigenvalue weighted by molar-refractivity contribution is 8.17. The maximum Gasteiger partial charge on any atom is 0.223 e. The fourth-order valence-electron chi connectivity index (χ4n) is 6.00. The van der Waals surface area contributed by atoms with Crippen LogP contribution in [0.2, 0.25) is 0 Å². The lowest BCUT2D eigenvalue weighted by molar-refractivity contribution is -0.132. The molecule has 2 atom stereocenters. The van der Waals surface area contributed by atoms with E-state index in [0.717, 1.165) is 43.7 Å². The zero-order valence-corrected chi connectivity index (χ0v) is 23.4. The summed E-state index contributed by atoms with van der Waals surface area (Å²) in [5.41, 5.74) is 2.15. The van der Waals surface area contributed by atoms with Crippen molar-refractivity contribution in [2.45, 2.75) is 58.9 Å². The monoisotopic (exact) mass is 533 g/mol. The Morgan fingerprint density at radius 3 is 2.11 bits per heavy atom. The number of fused-ring (bicyclic) bond motifs is 3. The van der Waals surface area contributed by atoms with Gasteiger partial charge in [0.1, 0.15) is 0 Å². The Hall–Kier alpha value is -2.57. The van der Waals surface area contributed by atoms with Gasteiger partial charge in [0.2, 0.25) is 5.91 Å². The van der Waals surface area contributed by atoms with Crippen LogP contribution in [0.1, 0.15) is 43.7 Å². The number of carbonyl (C=O) groups excluding carboxylic acids is 1. The number of rotatable bonds is 10. The number of amides is 1. The molecule has 6 heteroatoms. The number of nitrogens with zero attached hydrogens (tertiary/aromatic N) is 1. The molecule has 3 aromatic rings. The normalized spacial score (nSPS) is 20.6. The maximum atomic E-state index is 13.7. The fraction of sp³-hybridized carbons (Fsp3) is 0.387. The number of benzene rings is 3. The molecule has 194 valence electrons. The van der Waals surface area contributed by atoms with Gasteiger partial charge in [-0.05, 0) is 60.4 Å². The lowest BCUT2D eigenvalue weighted by Gasteiger charge is -2.49. The Kier molecular flexibility index (Phi) is 8.06. The van der Waals surface area contributed by atoms with Crippen LogP contribution in [0.4, 0.5) is 0 Å². The molecule has 2 aliphatic rings. The summed E-state index contributed by atoms with van der Waals surface area (Å²) < 4.78 is 11.6. The maximum absolute atomic E-state index is 13.7. The molecule has 4 nitrogen and oxygen atoms in total. The van der Waals surface area contributed by atoms with E-state index in [4.69, 9.17) is 9.47 Å². The van der Waals surface area contributed by atoms with Crippen molar-refractivity contribution in [1.82, 2.24) is 4.90 Å². The highest BCUT2D eigenvalue weighted by Gasteiger charge is 2.58. The van der Waals surface area contributed by atoms with Crippen molar-refractivity contribution in [2.24, 2.45) is 5.92 Å². The summed E-state index contributed by atoms with van der Waals surface area (Å²) in [6.07, 6.45) is 4.49. The Bertz CT molecular complexity index is 1180. The summed E-state index contributed by atoms with van der Waals surface area (Å²) in [6.45, 7) is 2.99. The zero-order valence-electron chi connectivity index (χ0n) is 21.8. The first-order valence-corrected chi connectivity index (χ1v) is 14.9. The van der Waals surface area contributed by atoms with Crippen LogP contribution < -0.4 is 9.47 Å². The molecule has 0 aliphatic carbocycles. The van der Waals surface area contributed by atoms with Gasteiger partial charge in [-0.15, -0.1) is 23.5 Å². The average Bonchev–Trinajstić information content (AvgIpc) is 3.24. The molecule has 0 saturated carbocycles. The molecule has 37 heavy (non-hydrogen) atoms. The first kappa shape index (κ1) is 26.1. The van der Waals surface area contributed by atoms with Crippen LogP contribution in [0.3, 0.4) is 0 Å². The minimum atomic E-state index is -0.367. The lowest BCUT2D eigenvalue weighted by atomic mass is 9.71. The lowest BCUT2D eigenvalue weighted by Crippen LogP contribution is -2.52. The van der Waals surface area contributed by atoms with Crippen LogP contribution in [0.5, 0.6) is 11.5 Å². The Morgan fingerprint density at radius 1 is 0.946 bits per heavy atom. The molecule has 5 rings (SSSR count). The van der Waals surface area contributed by atoms with Crippen LogP contribution in [0.15, 0.2) is 82.6 Å². The first-order chi connectivity index (χ1) is 18.1.